The summed E-state index contributed by atoms with van der Waals surface area (Å²) >= 11 is 0. The average Bonchev–Trinajstić information content (AvgIpc) is 2.92. The number of carbonyl (C=O) groups excluding carboxylic acids is 1. The van der Waals surface area contributed by atoms with Crippen LogP contribution in [0.5, 0.6) is 0 Å². The fourth-order valence-corrected chi connectivity index (χ4v) is 4.66. The second-order valence-corrected chi connectivity index (χ2v) is 8.17. The maximum absolute atomic E-state index is 12.8. The van der Waals surface area contributed by atoms with Gasteiger partial charge in [0.15, 0.2) is 0 Å². The van der Waals surface area contributed by atoms with E-state index in [0.717, 1.165) is 11.1 Å². The third-order valence-electron chi connectivity index (χ3n) is 6.27. The van der Waals surface area contributed by atoms with Gasteiger partial charge in [-0.05, 0) is 31.7 Å². The maximum atomic E-state index is 12.8. The molecule has 1 amide bonds. The van der Waals surface area contributed by atoms with Gasteiger partial charge in [-0.15, -0.1) is 0 Å². The van der Waals surface area contributed by atoms with E-state index >= 15 is 0 Å². The van der Waals surface area contributed by atoms with Crippen LogP contribution in [0.2, 0.25) is 0 Å². The Morgan fingerprint density at radius 1 is 1.18 bits per heavy atom. The molecule has 0 bridgehead atoms. The topological polar surface area (TPSA) is 79.3 Å². The average molecular weight is 383 g/mol. The standard InChI is InChI=1S/C21H29N5O2/c1-14-15-8-6-7-9-16(15)21(28)26(24-14)13-20(27)25(2)12-19-17-10-4-3-5-11-18(17)22-23-19/h6-9,17-19,22-23H,3-5,10-13H2,1-2H3. The van der Waals surface area contributed by atoms with Crippen LogP contribution in [0.1, 0.15) is 37.8 Å². The van der Waals surface area contributed by atoms with Crippen LogP contribution in [0, 0.1) is 12.8 Å². The molecule has 7 nitrogen and oxygen atoms in total. The molecule has 2 fully saturated rings. The Balaban J connectivity index is 1.46. The van der Waals surface area contributed by atoms with E-state index in [4.69, 9.17) is 0 Å². The first-order chi connectivity index (χ1) is 13.5. The molecule has 1 aliphatic heterocycles. The van der Waals surface area contributed by atoms with Crippen molar-refractivity contribution in [1.82, 2.24) is 25.5 Å². The number of aryl methyl sites for hydroxylation is 1. The summed E-state index contributed by atoms with van der Waals surface area (Å²) in [6.07, 6.45) is 6.22. The zero-order chi connectivity index (χ0) is 19.7. The second-order valence-electron chi connectivity index (χ2n) is 8.17. The monoisotopic (exact) mass is 383 g/mol. The van der Waals surface area contributed by atoms with Crippen molar-refractivity contribution in [1.29, 1.82) is 0 Å². The number of aromatic nitrogens is 2. The molecule has 0 spiro atoms. The molecule has 28 heavy (non-hydrogen) atoms. The van der Waals surface area contributed by atoms with Crippen molar-refractivity contribution < 1.29 is 4.79 Å². The molecule has 2 aromatic rings. The largest absolute Gasteiger partial charge is 0.343 e. The van der Waals surface area contributed by atoms with Crippen LogP contribution in [0.3, 0.4) is 0 Å². The summed E-state index contributed by atoms with van der Waals surface area (Å²) in [7, 11) is 1.81. The predicted molar refractivity (Wildman–Crippen MR) is 109 cm³/mol. The van der Waals surface area contributed by atoms with Crippen LogP contribution in [0.4, 0.5) is 0 Å². The summed E-state index contributed by atoms with van der Waals surface area (Å²) in [4.78, 5) is 27.2. The smallest absolute Gasteiger partial charge is 0.275 e. The van der Waals surface area contributed by atoms with Crippen molar-refractivity contribution in [2.45, 2.75) is 57.7 Å². The van der Waals surface area contributed by atoms with Crippen molar-refractivity contribution in [3.05, 3.63) is 40.3 Å². The Hall–Kier alpha value is -2.25. The number of benzene rings is 1. The molecule has 3 unspecified atom stereocenters. The molecular weight excluding hydrogens is 354 g/mol. The lowest BCUT2D eigenvalue weighted by atomic mass is 9.90. The Labute approximate surface area is 165 Å². The zero-order valence-electron chi connectivity index (χ0n) is 16.6. The van der Waals surface area contributed by atoms with E-state index in [1.165, 1.54) is 36.8 Å². The molecular formula is C21H29N5O2. The third kappa shape index (κ3) is 3.69. The summed E-state index contributed by atoms with van der Waals surface area (Å²) in [5, 5.41) is 5.80. The Morgan fingerprint density at radius 3 is 2.75 bits per heavy atom. The van der Waals surface area contributed by atoms with Crippen LogP contribution in [-0.4, -0.2) is 46.3 Å². The molecule has 150 valence electrons. The summed E-state index contributed by atoms with van der Waals surface area (Å²) in [5.41, 5.74) is 7.36. The van der Waals surface area contributed by atoms with Gasteiger partial charge in [-0.2, -0.15) is 5.10 Å². The Bertz CT molecular complexity index is 925. The number of hydrogen-bond acceptors (Lipinski definition) is 5. The lowest BCUT2D eigenvalue weighted by Gasteiger charge is -2.26. The molecule has 1 aromatic heterocycles. The zero-order valence-corrected chi connectivity index (χ0v) is 16.6. The van der Waals surface area contributed by atoms with Gasteiger partial charge < -0.3 is 4.90 Å². The summed E-state index contributed by atoms with van der Waals surface area (Å²) in [6, 6.07) is 8.16. The van der Waals surface area contributed by atoms with E-state index in [0.29, 0.717) is 23.9 Å². The number of rotatable bonds is 4. The predicted octanol–water partition coefficient (Wildman–Crippen LogP) is 1.59. The van der Waals surface area contributed by atoms with Crippen LogP contribution < -0.4 is 16.4 Å². The number of nitrogens with one attached hydrogen (secondary N) is 2. The first kappa shape index (κ1) is 19.1. The van der Waals surface area contributed by atoms with Gasteiger partial charge >= 0.3 is 0 Å². The molecule has 2 N–H and O–H groups in total. The molecule has 4 rings (SSSR count). The van der Waals surface area contributed by atoms with Crippen LogP contribution >= 0.6 is 0 Å². The molecule has 7 heteroatoms. The van der Waals surface area contributed by atoms with Crippen LogP contribution in [0.25, 0.3) is 10.8 Å². The molecule has 3 atom stereocenters. The highest BCUT2D eigenvalue weighted by Gasteiger charge is 2.37. The van der Waals surface area contributed by atoms with E-state index in [1.807, 2.05) is 32.2 Å². The number of carbonyl (C=O) groups is 1. The first-order valence-corrected chi connectivity index (χ1v) is 10.3. The van der Waals surface area contributed by atoms with E-state index in [-0.39, 0.29) is 24.1 Å². The number of hydrazine groups is 1. The lowest BCUT2D eigenvalue weighted by molar-refractivity contribution is -0.131. The molecule has 1 saturated heterocycles. The number of likely N-dealkylation sites (N-methyl/N-ethyl adjacent to an activating group) is 1. The normalized spacial score (nSPS) is 24.7. The van der Waals surface area contributed by atoms with Gasteiger partial charge in [0.25, 0.3) is 5.56 Å². The summed E-state index contributed by atoms with van der Waals surface area (Å²) in [5.74, 6) is 0.463. The minimum Gasteiger partial charge on any atom is -0.343 e. The van der Waals surface area contributed by atoms with E-state index in [9.17, 15) is 9.59 Å². The minimum absolute atomic E-state index is 0.0325. The van der Waals surface area contributed by atoms with E-state index < -0.39 is 0 Å². The molecule has 0 radical (unpaired) electrons. The van der Waals surface area contributed by atoms with Crippen molar-refractivity contribution in [3.63, 3.8) is 0 Å². The quantitative estimate of drug-likeness (QED) is 0.838. The SMILES string of the molecule is Cc1nn(CC(=O)N(C)CC2NNC3CCCCCC32)c(=O)c2ccccc12. The van der Waals surface area contributed by atoms with Gasteiger partial charge in [-0.3, -0.25) is 20.4 Å². The minimum atomic E-state index is -0.215. The number of fused-ring (bicyclic) bond motifs is 2. The van der Waals surface area contributed by atoms with Gasteiger partial charge in [-0.1, -0.05) is 37.5 Å². The summed E-state index contributed by atoms with van der Waals surface area (Å²) in [6.45, 7) is 2.47. The van der Waals surface area contributed by atoms with Gasteiger partial charge in [0.1, 0.15) is 6.54 Å². The van der Waals surface area contributed by atoms with Crippen molar-refractivity contribution in [2.75, 3.05) is 13.6 Å². The van der Waals surface area contributed by atoms with Gasteiger partial charge in [0.2, 0.25) is 5.91 Å². The molecule has 1 aliphatic carbocycles. The van der Waals surface area contributed by atoms with E-state index in [2.05, 4.69) is 16.0 Å². The Morgan fingerprint density at radius 2 is 1.93 bits per heavy atom. The molecule has 1 saturated carbocycles. The lowest BCUT2D eigenvalue weighted by Crippen LogP contribution is -2.45. The maximum Gasteiger partial charge on any atom is 0.275 e. The number of hydrogen-bond donors (Lipinski definition) is 2. The number of nitrogens with zero attached hydrogens (tertiary/aromatic N) is 3. The molecule has 2 aliphatic rings. The van der Waals surface area contributed by atoms with Gasteiger partial charge in [0.05, 0.1) is 11.1 Å². The highest BCUT2D eigenvalue weighted by molar-refractivity contribution is 5.83. The van der Waals surface area contributed by atoms with Crippen molar-refractivity contribution >= 4 is 16.7 Å². The van der Waals surface area contributed by atoms with Crippen molar-refractivity contribution in [2.24, 2.45) is 5.92 Å². The van der Waals surface area contributed by atoms with Crippen molar-refractivity contribution in [3.8, 4) is 0 Å². The summed E-state index contributed by atoms with van der Waals surface area (Å²) < 4.78 is 1.30. The second kappa shape index (κ2) is 8.01. The molecule has 2 heterocycles. The fourth-order valence-electron chi connectivity index (χ4n) is 4.66. The highest BCUT2D eigenvalue weighted by atomic mass is 16.2. The van der Waals surface area contributed by atoms with Gasteiger partial charge in [-0.25, -0.2) is 4.68 Å². The van der Waals surface area contributed by atoms with Crippen LogP contribution in [0.15, 0.2) is 29.1 Å². The van der Waals surface area contributed by atoms with E-state index in [1.54, 1.807) is 11.0 Å². The highest BCUT2D eigenvalue weighted by Crippen LogP contribution is 2.29. The molecule has 1 aromatic carbocycles. The van der Waals surface area contributed by atoms with Gasteiger partial charge in [0, 0.05) is 31.1 Å². The van der Waals surface area contributed by atoms with Crippen LogP contribution in [-0.2, 0) is 11.3 Å². The first-order valence-electron chi connectivity index (χ1n) is 10.3. The fraction of sp³-hybridized carbons (Fsp3) is 0.571. The Kier molecular flexibility index (Phi) is 5.46. The third-order valence-corrected chi connectivity index (χ3v) is 6.27. The number of amides is 1.